The summed E-state index contributed by atoms with van der Waals surface area (Å²) in [4.78, 5) is 10.7. The normalized spacial score (nSPS) is 9.69. The molecule has 4 nitrogen and oxygen atoms in total. The number of rotatable bonds is 4. The Labute approximate surface area is 99.5 Å². The predicted octanol–water partition coefficient (Wildman–Crippen LogP) is 2.38. The molecule has 0 aliphatic heterocycles. The highest BCUT2D eigenvalue weighted by atomic mass is 35.5. The second-order valence-electron chi connectivity index (χ2n) is 3.18. The fraction of sp³-hybridized carbons (Fsp3) is 0.364. The number of carbonyl (C=O) groups excluding carboxylic acids is 1. The summed E-state index contributed by atoms with van der Waals surface area (Å²) in [5.41, 5.74) is 0.958. The average molecular weight is 244 g/mol. The maximum atomic E-state index is 10.7. The highest BCUT2D eigenvalue weighted by Crippen LogP contribution is 2.20. The van der Waals surface area contributed by atoms with Crippen LogP contribution >= 0.6 is 11.6 Å². The Bertz CT molecular complexity index is 368. The molecule has 0 saturated carbocycles. The van der Waals surface area contributed by atoms with Gasteiger partial charge in [-0.15, -0.1) is 0 Å². The Balaban J connectivity index is 2.32. The topological polar surface area (TPSA) is 47.6 Å². The van der Waals surface area contributed by atoms with Crippen molar-refractivity contribution in [3.8, 4) is 5.75 Å². The highest BCUT2D eigenvalue weighted by molar-refractivity contribution is 6.31. The van der Waals surface area contributed by atoms with Gasteiger partial charge in [0, 0.05) is 5.02 Å². The molecule has 0 aliphatic carbocycles. The number of aryl methyl sites for hydroxylation is 1. The van der Waals surface area contributed by atoms with E-state index in [0.29, 0.717) is 18.2 Å². The zero-order valence-electron chi connectivity index (χ0n) is 9.25. The highest BCUT2D eigenvalue weighted by Gasteiger charge is 2.00. The van der Waals surface area contributed by atoms with Gasteiger partial charge in [0.15, 0.2) is 0 Å². The molecule has 0 aliphatic rings. The van der Waals surface area contributed by atoms with Crippen molar-refractivity contribution >= 4 is 17.7 Å². The number of amides is 1. The van der Waals surface area contributed by atoms with Crippen LogP contribution in [0.5, 0.6) is 5.75 Å². The Morgan fingerprint density at radius 1 is 1.50 bits per heavy atom. The molecule has 0 radical (unpaired) electrons. The molecule has 88 valence electrons. The van der Waals surface area contributed by atoms with Gasteiger partial charge in [-0.1, -0.05) is 11.6 Å². The number of methoxy groups -OCH3 is 1. The summed E-state index contributed by atoms with van der Waals surface area (Å²) in [5.74, 6) is 0.730. The monoisotopic (exact) mass is 243 g/mol. The smallest absolute Gasteiger partial charge is 0.406 e. The van der Waals surface area contributed by atoms with E-state index < -0.39 is 6.09 Å². The van der Waals surface area contributed by atoms with Crippen LogP contribution in [0, 0.1) is 6.92 Å². The molecule has 1 rings (SSSR count). The second-order valence-corrected chi connectivity index (χ2v) is 3.59. The van der Waals surface area contributed by atoms with Crippen LogP contribution in [0.3, 0.4) is 0 Å². The zero-order valence-corrected chi connectivity index (χ0v) is 10.0. The third-order valence-electron chi connectivity index (χ3n) is 1.95. The number of alkyl carbamates (subject to hydrolysis) is 1. The molecule has 0 fully saturated rings. The van der Waals surface area contributed by atoms with Gasteiger partial charge < -0.3 is 14.8 Å². The molecule has 0 aromatic heterocycles. The van der Waals surface area contributed by atoms with Gasteiger partial charge in [-0.05, 0) is 30.7 Å². The van der Waals surface area contributed by atoms with E-state index in [-0.39, 0.29) is 0 Å². The minimum atomic E-state index is -0.462. The number of carbonyl (C=O) groups is 1. The van der Waals surface area contributed by atoms with E-state index in [1.165, 1.54) is 7.11 Å². The Hall–Kier alpha value is -1.42. The molecule has 0 bridgehead atoms. The van der Waals surface area contributed by atoms with E-state index in [9.17, 15) is 4.79 Å². The van der Waals surface area contributed by atoms with Gasteiger partial charge in [0.2, 0.25) is 0 Å². The Morgan fingerprint density at radius 3 is 2.88 bits per heavy atom. The second kappa shape index (κ2) is 6.23. The minimum Gasteiger partial charge on any atom is -0.492 e. The van der Waals surface area contributed by atoms with Crippen LogP contribution < -0.4 is 10.1 Å². The first-order valence-corrected chi connectivity index (χ1v) is 5.22. The lowest BCUT2D eigenvalue weighted by atomic mass is 10.2. The Morgan fingerprint density at radius 2 is 2.25 bits per heavy atom. The lowest BCUT2D eigenvalue weighted by Gasteiger charge is -2.08. The van der Waals surface area contributed by atoms with Crippen molar-refractivity contribution in [2.24, 2.45) is 0 Å². The van der Waals surface area contributed by atoms with E-state index in [1.54, 1.807) is 12.1 Å². The van der Waals surface area contributed by atoms with E-state index in [0.717, 1.165) is 11.3 Å². The predicted molar refractivity (Wildman–Crippen MR) is 62.1 cm³/mol. The third kappa shape index (κ3) is 3.98. The van der Waals surface area contributed by atoms with Crippen molar-refractivity contribution in [3.63, 3.8) is 0 Å². The summed E-state index contributed by atoms with van der Waals surface area (Å²) >= 11 is 5.87. The fourth-order valence-electron chi connectivity index (χ4n) is 1.10. The van der Waals surface area contributed by atoms with Gasteiger partial charge in [-0.25, -0.2) is 4.79 Å². The van der Waals surface area contributed by atoms with Crippen LogP contribution in [0.15, 0.2) is 18.2 Å². The molecule has 0 atom stereocenters. The maximum absolute atomic E-state index is 10.7. The van der Waals surface area contributed by atoms with Gasteiger partial charge in [-0.3, -0.25) is 0 Å². The number of nitrogens with one attached hydrogen (secondary N) is 1. The minimum absolute atomic E-state index is 0.385. The number of benzene rings is 1. The maximum Gasteiger partial charge on any atom is 0.406 e. The molecule has 1 amide bonds. The van der Waals surface area contributed by atoms with Crippen molar-refractivity contribution in [1.29, 1.82) is 0 Å². The molecule has 1 aromatic rings. The van der Waals surface area contributed by atoms with Crippen LogP contribution in [0.4, 0.5) is 4.79 Å². The van der Waals surface area contributed by atoms with Crippen molar-refractivity contribution in [3.05, 3.63) is 28.8 Å². The zero-order chi connectivity index (χ0) is 12.0. The van der Waals surface area contributed by atoms with Gasteiger partial charge in [0.05, 0.1) is 13.7 Å². The molecule has 0 saturated heterocycles. The molecule has 0 spiro atoms. The SMILES string of the molecule is COC(=O)NCCOc1ccc(Cl)c(C)c1. The van der Waals surface area contributed by atoms with E-state index in [2.05, 4.69) is 10.1 Å². The molecule has 16 heavy (non-hydrogen) atoms. The molecular formula is C11H14ClNO3. The van der Waals surface area contributed by atoms with E-state index >= 15 is 0 Å². The first kappa shape index (κ1) is 12.6. The van der Waals surface area contributed by atoms with Crippen LogP contribution in [-0.4, -0.2) is 26.4 Å². The van der Waals surface area contributed by atoms with Gasteiger partial charge in [0.1, 0.15) is 12.4 Å². The van der Waals surface area contributed by atoms with Gasteiger partial charge >= 0.3 is 6.09 Å². The molecule has 1 N–H and O–H groups in total. The van der Waals surface area contributed by atoms with Crippen LogP contribution in [0.1, 0.15) is 5.56 Å². The summed E-state index contributed by atoms with van der Waals surface area (Å²) < 4.78 is 9.82. The first-order valence-electron chi connectivity index (χ1n) is 4.84. The average Bonchev–Trinajstić information content (AvgIpc) is 2.28. The summed E-state index contributed by atoms with van der Waals surface area (Å²) in [6, 6.07) is 5.41. The van der Waals surface area contributed by atoms with E-state index in [4.69, 9.17) is 16.3 Å². The molecular weight excluding hydrogens is 230 g/mol. The van der Waals surface area contributed by atoms with Crippen molar-refractivity contribution in [2.75, 3.05) is 20.3 Å². The van der Waals surface area contributed by atoms with Crippen LogP contribution in [0.25, 0.3) is 0 Å². The van der Waals surface area contributed by atoms with Crippen LogP contribution in [0.2, 0.25) is 5.02 Å². The number of ether oxygens (including phenoxy) is 2. The van der Waals surface area contributed by atoms with Crippen LogP contribution in [-0.2, 0) is 4.74 Å². The summed E-state index contributed by atoms with van der Waals surface area (Å²) in [7, 11) is 1.32. The lowest BCUT2D eigenvalue weighted by Crippen LogP contribution is -2.27. The van der Waals surface area contributed by atoms with E-state index in [1.807, 2.05) is 13.0 Å². The molecule has 0 heterocycles. The quantitative estimate of drug-likeness (QED) is 0.826. The number of hydrogen-bond donors (Lipinski definition) is 1. The van der Waals surface area contributed by atoms with Gasteiger partial charge in [-0.2, -0.15) is 0 Å². The number of hydrogen-bond acceptors (Lipinski definition) is 3. The number of halogens is 1. The first-order chi connectivity index (χ1) is 7.63. The third-order valence-corrected chi connectivity index (χ3v) is 2.38. The molecule has 5 heteroatoms. The fourth-order valence-corrected chi connectivity index (χ4v) is 1.22. The lowest BCUT2D eigenvalue weighted by molar-refractivity contribution is 0.168. The standard InChI is InChI=1S/C11H14ClNO3/c1-8-7-9(3-4-10(8)12)16-6-5-13-11(14)15-2/h3-4,7H,5-6H2,1-2H3,(H,13,14). The van der Waals surface area contributed by atoms with Crippen molar-refractivity contribution < 1.29 is 14.3 Å². The van der Waals surface area contributed by atoms with Gasteiger partial charge in [0.25, 0.3) is 0 Å². The largest absolute Gasteiger partial charge is 0.492 e. The molecule has 0 unspecified atom stereocenters. The summed E-state index contributed by atoms with van der Waals surface area (Å²) in [6.45, 7) is 2.69. The summed E-state index contributed by atoms with van der Waals surface area (Å²) in [6.07, 6.45) is -0.462. The molecule has 1 aromatic carbocycles. The Kier molecular flexibility index (Phi) is 4.92. The van der Waals surface area contributed by atoms with Crippen molar-refractivity contribution in [2.45, 2.75) is 6.92 Å². The van der Waals surface area contributed by atoms with Crippen molar-refractivity contribution in [1.82, 2.24) is 5.32 Å². The summed E-state index contributed by atoms with van der Waals surface area (Å²) in [5, 5.41) is 3.22.